The number of esters is 4. The molecule has 0 saturated heterocycles. The topological polar surface area (TPSA) is 261 Å². The highest BCUT2D eigenvalue weighted by Crippen LogP contribution is 2.41. The first kappa shape index (κ1) is 63.9. The molecule has 0 radical (unpaired) electrons. The van der Waals surface area contributed by atoms with E-state index in [1.807, 2.05) is 97.1 Å². The number of carboxylic acid groups (broad SMARTS) is 4. The van der Waals surface area contributed by atoms with E-state index in [1.165, 1.54) is 0 Å². The molecule has 18 heteroatoms. The van der Waals surface area contributed by atoms with Gasteiger partial charge in [-0.1, -0.05) is 60.7 Å². The SMILES string of the molecule is Cc1cc(-c2ccc(N(c3ccc(CCCOC(=O)CCC(=O)O)cc3)c3ccc(CCCOC(=O)CCC(=O)O)cc3)c(C)c2)ccc1N(c1ccc(CCCOC(=O)CCC(=O)O)cc1)c1ccc(CCCOC(=O)CCC(=O)O)cc1. The lowest BCUT2D eigenvalue weighted by molar-refractivity contribution is -0.147. The average molecular weight is 1150 g/mol. The number of carbonyl (C=O) groups excluding carboxylic acids is 4. The van der Waals surface area contributed by atoms with Gasteiger partial charge >= 0.3 is 47.8 Å². The van der Waals surface area contributed by atoms with Crippen molar-refractivity contribution in [2.75, 3.05) is 36.2 Å². The van der Waals surface area contributed by atoms with Crippen LogP contribution in [0.5, 0.6) is 0 Å². The largest absolute Gasteiger partial charge is 0.481 e. The highest BCUT2D eigenvalue weighted by Gasteiger charge is 2.20. The van der Waals surface area contributed by atoms with Crippen LogP contribution in [0.3, 0.4) is 0 Å². The Morgan fingerprint density at radius 1 is 0.321 bits per heavy atom. The molecule has 0 aliphatic rings. The third-order valence-electron chi connectivity index (χ3n) is 13.7. The Balaban J connectivity index is 1.23. The van der Waals surface area contributed by atoms with E-state index in [0.29, 0.717) is 51.4 Å². The first-order valence-corrected chi connectivity index (χ1v) is 28.1. The summed E-state index contributed by atoms with van der Waals surface area (Å²) in [6, 6.07) is 45.4. The van der Waals surface area contributed by atoms with Gasteiger partial charge in [0.25, 0.3) is 0 Å². The molecule has 0 saturated carbocycles. The zero-order valence-corrected chi connectivity index (χ0v) is 47.4. The molecule has 84 heavy (non-hydrogen) atoms. The maximum Gasteiger partial charge on any atom is 0.306 e. The number of benzene rings is 6. The van der Waals surface area contributed by atoms with Crippen molar-refractivity contribution < 1.29 is 77.7 Å². The van der Waals surface area contributed by atoms with Gasteiger partial charge in [-0.2, -0.15) is 0 Å². The Morgan fingerprint density at radius 3 is 0.750 bits per heavy atom. The molecule has 0 fully saturated rings. The molecule has 6 aromatic carbocycles. The minimum Gasteiger partial charge on any atom is -0.481 e. The summed E-state index contributed by atoms with van der Waals surface area (Å²) in [5.41, 5.74) is 13.7. The molecular formula is C66H72N2O16. The lowest BCUT2D eigenvalue weighted by atomic mass is 9.98. The molecule has 0 unspecified atom stereocenters. The van der Waals surface area contributed by atoms with Crippen molar-refractivity contribution in [2.45, 2.75) is 117 Å². The monoisotopic (exact) mass is 1150 g/mol. The van der Waals surface area contributed by atoms with Gasteiger partial charge < -0.3 is 49.2 Å². The minimum atomic E-state index is -1.05. The van der Waals surface area contributed by atoms with Gasteiger partial charge in [0.1, 0.15) is 0 Å². The van der Waals surface area contributed by atoms with Gasteiger partial charge in [-0.3, -0.25) is 38.4 Å². The van der Waals surface area contributed by atoms with Gasteiger partial charge in [0.15, 0.2) is 0 Å². The number of anilines is 6. The summed E-state index contributed by atoms with van der Waals surface area (Å²) in [5.74, 6) is -6.38. The van der Waals surface area contributed by atoms with Crippen molar-refractivity contribution in [3.63, 3.8) is 0 Å². The van der Waals surface area contributed by atoms with Gasteiger partial charge in [-0.25, -0.2) is 0 Å². The Labute approximate surface area is 488 Å². The number of rotatable bonds is 35. The normalized spacial score (nSPS) is 10.8. The zero-order chi connectivity index (χ0) is 60.4. The molecular weight excluding hydrogens is 1080 g/mol. The molecule has 442 valence electrons. The van der Waals surface area contributed by atoms with Gasteiger partial charge in [0.05, 0.1) is 77.8 Å². The van der Waals surface area contributed by atoms with Crippen LogP contribution in [0.4, 0.5) is 34.1 Å². The van der Waals surface area contributed by atoms with Crippen LogP contribution in [0.25, 0.3) is 11.1 Å². The Kier molecular flexibility index (Phi) is 25.0. The van der Waals surface area contributed by atoms with Crippen molar-refractivity contribution >= 4 is 81.9 Å². The van der Waals surface area contributed by atoms with Crippen LogP contribution in [-0.4, -0.2) is 94.6 Å². The van der Waals surface area contributed by atoms with Gasteiger partial charge in [0.2, 0.25) is 0 Å². The van der Waals surface area contributed by atoms with E-state index < -0.39 is 47.8 Å². The van der Waals surface area contributed by atoms with Gasteiger partial charge in [-0.05, 0) is 183 Å². The second-order valence-corrected chi connectivity index (χ2v) is 20.2. The van der Waals surface area contributed by atoms with Crippen LogP contribution in [0.1, 0.15) is 110 Å². The Bertz CT molecular complexity index is 2820. The van der Waals surface area contributed by atoms with Crippen LogP contribution in [0, 0.1) is 13.8 Å². The molecule has 6 aromatic rings. The molecule has 0 aliphatic carbocycles. The smallest absolute Gasteiger partial charge is 0.306 e. The van der Waals surface area contributed by atoms with E-state index in [2.05, 4.69) is 60.0 Å². The minimum absolute atomic E-state index is 0.173. The highest BCUT2D eigenvalue weighted by atomic mass is 16.5. The van der Waals surface area contributed by atoms with Gasteiger partial charge in [0, 0.05) is 34.1 Å². The predicted molar refractivity (Wildman–Crippen MR) is 315 cm³/mol. The fourth-order valence-corrected chi connectivity index (χ4v) is 9.25. The number of aryl methyl sites for hydroxylation is 6. The fraction of sp³-hybridized carbons (Fsp3) is 0.333. The Hall–Kier alpha value is -9.32. The van der Waals surface area contributed by atoms with Crippen molar-refractivity contribution in [3.8, 4) is 11.1 Å². The van der Waals surface area contributed by atoms with Gasteiger partial charge in [-0.15, -0.1) is 0 Å². The van der Waals surface area contributed by atoms with Crippen LogP contribution in [-0.2, 0) is 83.0 Å². The standard InChI is InChI=1S/C66H72N2O16/c1-45-43-51(19-29-57(45)67(53-21-11-47(12-22-53)7-3-39-81-63(77)35-31-59(69)70)54-23-13-48(14-24-54)8-4-40-82-64(78)36-32-60(71)72)52-20-30-58(46(2)44-52)68(55-25-15-49(16-26-55)9-5-41-83-65(79)37-33-61(73)74)56-27-17-50(18-28-56)10-6-42-84-66(80)38-34-62(75)76/h11-30,43-44H,3-10,31-42H2,1-2H3,(H,69,70)(H,71,72)(H,73,74)(H,75,76). The first-order chi connectivity index (χ1) is 40.4. The van der Waals surface area contributed by atoms with Crippen LogP contribution in [0.2, 0.25) is 0 Å². The number of ether oxygens (including phenoxy) is 4. The molecule has 18 nitrogen and oxygen atoms in total. The van der Waals surface area contributed by atoms with Crippen molar-refractivity contribution in [1.82, 2.24) is 0 Å². The molecule has 0 aliphatic heterocycles. The van der Waals surface area contributed by atoms with E-state index in [1.54, 1.807) is 0 Å². The zero-order valence-electron chi connectivity index (χ0n) is 47.4. The average Bonchev–Trinajstić information content (AvgIpc) is 3.44. The highest BCUT2D eigenvalue weighted by molar-refractivity contribution is 5.84. The number of hydrogen-bond acceptors (Lipinski definition) is 14. The summed E-state index contributed by atoms with van der Waals surface area (Å²) >= 11 is 0. The second-order valence-electron chi connectivity index (χ2n) is 20.2. The summed E-state index contributed by atoms with van der Waals surface area (Å²) in [7, 11) is 0. The maximum absolute atomic E-state index is 12.0. The van der Waals surface area contributed by atoms with Crippen molar-refractivity contribution in [1.29, 1.82) is 0 Å². The molecule has 6 rings (SSSR count). The summed E-state index contributed by atoms with van der Waals surface area (Å²) in [6.45, 7) is 4.86. The summed E-state index contributed by atoms with van der Waals surface area (Å²) in [5, 5.41) is 35.5. The van der Waals surface area contributed by atoms with E-state index in [0.717, 1.165) is 78.6 Å². The quantitative estimate of drug-likeness (QED) is 0.0164. The number of nitrogens with zero attached hydrogens (tertiary/aromatic N) is 2. The number of carbonyl (C=O) groups is 8. The molecule has 0 heterocycles. The molecule has 4 N–H and O–H groups in total. The maximum atomic E-state index is 12.0. The van der Waals surface area contributed by atoms with Crippen LogP contribution in [0.15, 0.2) is 133 Å². The van der Waals surface area contributed by atoms with E-state index in [4.69, 9.17) is 39.4 Å². The second kappa shape index (κ2) is 33.0. The molecule has 0 aromatic heterocycles. The first-order valence-electron chi connectivity index (χ1n) is 28.1. The number of aliphatic carboxylic acids is 4. The molecule has 0 spiro atoms. The number of carboxylic acids is 4. The van der Waals surface area contributed by atoms with E-state index in [-0.39, 0.29) is 77.8 Å². The summed E-state index contributed by atoms with van der Waals surface area (Å²) in [6.07, 6.45) is 3.03. The summed E-state index contributed by atoms with van der Waals surface area (Å²) < 4.78 is 21.0. The molecule has 0 bridgehead atoms. The fourth-order valence-electron chi connectivity index (χ4n) is 9.25. The van der Waals surface area contributed by atoms with Crippen molar-refractivity contribution in [3.05, 3.63) is 167 Å². The van der Waals surface area contributed by atoms with Crippen LogP contribution >= 0.6 is 0 Å². The van der Waals surface area contributed by atoms with Crippen molar-refractivity contribution in [2.24, 2.45) is 0 Å². The lowest BCUT2D eigenvalue weighted by Gasteiger charge is -2.28. The lowest BCUT2D eigenvalue weighted by Crippen LogP contribution is -2.12. The molecule has 0 amide bonds. The third kappa shape index (κ3) is 21.2. The summed E-state index contributed by atoms with van der Waals surface area (Å²) in [4.78, 5) is 95.6. The van der Waals surface area contributed by atoms with E-state index >= 15 is 0 Å². The third-order valence-corrected chi connectivity index (χ3v) is 13.7. The molecule has 0 atom stereocenters. The predicted octanol–water partition coefficient (Wildman–Crippen LogP) is 12.3. The number of hydrogen-bond donors (Lipinski definition) is 4. The van der Waals surface area contributed by atoms with E-state index in [9.17, 15) is 38.4 Å². The Morgan fingerprint density at radius 2 is 0.548 bits per heavy atom. The van der Waals surface area contributed by atoms with Crippen LogP contribution < -0.4 is 9.80 Å².